The number of hydrogen-bond donors (Lipinski definition) is 3. The molecular weight excluding hydrogens is 248 g/mol. The zero-order valence-electron chi connectivity index (χ0n) is 11.0. The molecule has 2 amide bonds. The summed E-state index contributed by atoms with van der Waals surface area (Å²) >= 11 is 0. The van der Waals surface area contributed by atoms with Gasteiger partial charge in [-0.1, -0.05) is 0 Å². The maximum absolute atomic E-state index is 11.8. The van der Waals surface area contributed by atoms with Gasteiger partial charge in [-0.05, 0) is 19.9 Å². The third kappa shape index (κ3) is 2.61. The Morgan fingerprint density at radius 2 is 2.37 bits per heavy atom. The Balaban J connectivity index is 2.10. The van der Waals surface area contributed by atoms with Crippen molar-refractivity contribution in [3.05, 3.63) is 23.7 Å². The van der Waals surface area contributed by atoms with Crippen LogP contribution in [0.4, 0.5) is 0 Å². The molecule has 2 heterocycles. The van der Waals surface area contributed by atoms with Crippen molar-refractivity contribution in [1.82, 2.24) is 15.6 Å². The molecule has 1 fully saturated rings. The van der Waals surface area contributed by atoms with Gasteiger partial charge in [-0.3, -0.25) is 19.9 Å². The van der Waals surface area contributed by atoms with E-state index in [1.54, 1.807) is 6.07 Å². The molecule has 1 saturated heterocycles. The molecule has 7 heteroatoms. The van der Waals surface area contributed by atoms with E-state index in [1.807, 2.05) is 24.2 Å². The van der Waals surface area contributed by atoms with E-state index in [9.17, 15) is 9.59 Å². The summed E-state index contributed by atoms with van der Waals surface area (Å²) in [6, 6.07) is 1.63. The van der Waals surface area contributed by atoms with Crippen molar-refractivity contribution in [2.45, 2.75) is 25.9 Å². The zero-order valence-corrected chi connectivity index (χ0v) is 11.0. The van der Waals surface area contributed by atoms with Gasteiger partial charge in [0.05, 0.1) is 17.6 Å². The Hall–Kier alpha value is -1.86. The van der Waals surface area contributed by atoms with E-state index in [1.165, 1.54) is 6.26 Å². The van der Waals surface area contributed by atoms with Gasteiger partial charge < -0.3 is 9.73 Å². The highest BCUT2D eigenvalue weighted by Gasteiger charge is 2.37. The third-order valence-corrected chi connectivity index (χ3v) is 3.41. The van der Waals surface area contributed by atoms with Crippen molar-refractivity contribution in [1.29, 1.82) is 0 Å². The lowest BCUT2D eigenvalue weighted by Crippen LogP contribution is -2.61. The molecule has 0 spiro atoms. The first kappa shape index (κ1) is 13.6. The van der Waals surface area contributed by atoms with Gasteiger partial charge in [0, 0.05) is 13.1 Å². The first-order valence-electron chi connectivity index (χ1n) is 6.07. The van der Waals surface area contributed by atoms with Crippen LogP contribution in [0.5, 0.6) is 0 Å². The van der Waals surface area contributed by atoms with Crippen LogP contribution in [-0.4, -0.2) is 35.3 Å². The van der Waals surface area contributed by atoms with Crippen molar-refractivity contribution >= 4 is 11.8 Å². The van der Waals surface area contributed by atoms with E-state index in [4.69, 9.17) is 10.3 Å². The zero-order chi connectivity index (χ0) is 14.0. The number of hydrazine groups is 1. The fourth-order valence-electron chi connectivity index (χ4n) is 2.07. The average molecular weight is 266 g/mol. The number of hydrogen-bond acceptors (Lipinski definition) is 5. The third-order valence-electron chi connectivity index (χ3n) is 3.41. The number of nitrogens with two attached hydrogens (primary N) is 1. The van der Waals surface area contributed by atoms with Gasteiger partial charge >= 0.3 is 0 Å². The molecule has 1 aromatic rings. The number of carbonyl (C=O) groups excluding carboxylic acids is 2. The second-order valence-electron chi connectivity index (χ2n) is 5.01. The van der Waals surface area contributed by atoms with Crippen LogP contribution in [0.3, 0.4) is 0 Å². The highest BCUT2D eigenvalue weighted by atomic mass is 16.3. The molecular formula is C12H18N4O3. The number of rotatable bonds is 3. The Morgan fingerprint density at radius 3 is 3.05 bits per heavy atom. The summed E-state index contributed by atoms with van der Waals surface area (Å²) < 4.78 is 5.33. The summed E-state index contributed by atoms with van der Waals surface area (Å²) in [5.41, 5.74) is 1.82. The van der Waals surface area contributed by atoms with Crippen LogP contribution >= 0.6 is 0 Å². The Labute approximate surface area is 111 Å². The largest absolute Gasteiger partial charge is 0.467 e. The van der Waals surface area contributed by atoms with E-state index in [2.05, 4.69) is 5.32 Å². The number of carbonyl (C=O) groups is 2. The molecule has 2 rings (SSSR count). The lowest BCUT2D eigenvalue weighted by molar-refractivity contribution is -0.135. The summed E-state index contributed by atoms with van der Waals surface area (Å²) in [5, 5.41) is 2.83. The fraction of sp³-hybridized carbons (Fsp3) is 0.500. The minimum atomic E-state index is -0.596. The molecule has 0 unspecified atom stereocenters. The van der Waals surface area contributed by atoms with E-state index in [0.717, 1.165) is 6.54 Å². The SMILES string of the molecule is CC1(C)C(=O)NCCN1Cc1cc(C(=O)NN)co1. The van der Waals surface area contributed by atoms with Gasteiger partial charge in [-0.15, -0.1) is 0 Å². The van der Waals surface area contributed by atoms with Crippen molar-refractivity contribution in [3.63, 3.8) is 0 Å². The molecule has 4 N–H and O–H groups in total. The normalized spacial score (nSPS) is 19.0. The highest BCUT2D eigenvalue weighted by Crippen LogP contribution is 2.21. The Morgan fingerprint density at radius 1 is 1.63 bits per heavy atom. The van der Waals surface area contributed by atoms with E-state index in [-0.39, 0.29) is 5.91 Å². The molecule has 0 aliphatic carbocycles. The lowest BCUT2D eigenvalue weighted by atomic mass is 9.99. The molecule has 1 aromatic heterocycles. The summed E-state index contributed by atoms with van der Waals surface area (Å²) in [6.45, 7) is 5.53. The minimum absolute atomic E-state index is 0.00905. The highest BCUT2D eigenvalue weighted by molar-refractivity contribution is 5.93. The van der Waals surface area contributed by atoms with Crippen LogP contribution in [-0.2, 0) is 11.3 Å². The Bertz CT molecular complexity index is 495. The molecule has 0 saturated carbocycles. The summed E-state index contributed by atoms with van der Waals surface area (Å²) in [4.78, 5) is 25.1. The van der Waals surface area contributed by atoms with Crippen LogP contribution in [0.2, 0.25) is 0 Å². The molecule has 0 bridgehead atoms. The predicted octanol–water partition coefficient (Wildman–Crippen LogP) is -0.406. The number of nitrogens with zero attached hydrogens (tertiary/aromatic N) is 1. The van der Waals surface area contributed by atoms with E-state index >= 15 is 0 Å². The van der Waals surface area contributed by atoms with Gasteiger partial charge in [-0.2, -0.15) is 0 Å². The van der Waals surface area contributed by atoms with Gasteiger partial charge in [0.25, 0.3) is 5.91 Å². The van der Waals surface area contributed by atoms with Crippen LogP contribution < -0.4 is 16.6 Å². The van der Waals surface area contributed by atoms with Crippen molar-refractivity contribution in [2.24, 2.45) is 5.84 Å². The smallest absolute Gasteiger partial charge is 0.268 e. The van der Waals surface area contributed by atoms with Crippen molar-refractivity contribution in [2.75, 3.05) is 13.1 Å². The van der Waals surface area contributed by atoms with Gasteiger partial charge in [-0.25, -0.2) is 5.84 Å². The second kappa shape index (κ2) is 5.02. The molecule has 0 aromatic carbocycles. The maximum Gasteiger partial charge on any atom is 0.268 e. The summed E-state index contributed by atoms with van der Waals surface area (Å²) in [6.07, 6.45) is 1.36. The van der Waals surface area contributed by atoms with Crippen LogP contribution in [0.1, 0.15) is 30.0 Å². The summed E-state index contributed by atoms with van der Waals surface area (Å²) in [7, 11) is 0. The molecule has 1 aliphatic rings. The van der Waals surface area contributed by atoms with E-state index < -0.39 is 11.4 Å². The molecule has 1 aliphatic heterocycles. The number of furan rings is 1. The lowest BCUT2D eigenvalue weighted by Gasteiger charge is -2.40. The minimum Gasteiger partial charge on any atom is -0.467 e. The quantitative estimate of drug-likeness (QED) is 0.392. The van der Waals surface area contributed by atoms with Gasteiger partial charge in [0.15, 0.2) is 0 Å². The number of amides is 2. The first-order chi connectivity index (χ1) is 8.95. The maximum atomic E-state index is 11.8. The molecule has 0 atom stereocenters. The molecule has 104 valence electrons. The predicted molar refractivity (Wildman–Crippen MR) is 67.9 cm³/mol. The number of nitrogen functional groups attached to an aromatic ring is 1. The number of nitrogens with one attached hydrogen (secondary N) is 2. The average Bonchev–Trinajstić information content (AvgIpc) is 2.83. The Kier molecular flexibility index (Phi) is 3.59. The molecule has 19 heavy (non-hydrogen) atoms. The first-order valence-corrected chi connectivity index (χ1v) is 6.07. The number of piperazine rings is 1. The van der Waals surface area contributed by atoms with Crippen LogP contribution in [0.25, 0.3) is 0 Å². The molecule has 7 nitrogen and oxygen atoms in total. The van der Waals surface area contributed by atoms with Crippen LogP contribution in [0, 0.1) is 0 Å². The van der Waals surface area contributed by atoms with Gasteiger partial charge in [0.2, 0.25) is 5.91 Å². The second-order valence-corrected chi connectivity index (χ2v) is 5.01. The van der Waals surface area contributed by atoms with Crippen LogP contribution in [0.15, 0.2) is 16.7 Å². The monoisotopic (exact) mass is 266 g/mol. The summed E-state index contributed by atoms with van der Waals surface area (Å²) in [5.74, 6) is 5.27. The standard InChI is InChI=1S/C12H18N4O3/c1-12(2)11(18)14-3-4-16(12)6-9-5-8(7-19-9)10(17)15-13/h5,7H,3-4,6,13H2,1-2H3,(H,14,18)(H,15,17). The van der Waals surface area contributed by atoms with Gasteiger partial charge in [0.1, 0.15) is 12.0 Å². The van der Waals surface area contributed by atoms with Crippen molar-refractivity contribution in [3.8, 4) is 0 Å². The van der Waals surface area contributed by atoms with E-state index in [0.29, 0.717) is 24.4 Å². The molecule has 0 radical (unpaired) electrons. The fourth-order valence-corrected chi connectivity index (χ4v) is 2.07. The topological polar surface area (TPSA) is 101 Å². The van der Waals surface area contributed by atoms with Crippen molar-refractivity contribution < 1.29 is 14.0 Å².